The van der Waals surface area contributed by atoms with Gasteiger partial charge in [-0.1, -0.05) is 0 Å². The fourth-order valence-corrected chi connectivity index (χ4v) is 2.46. The van der Waals surface area contributed by atoms with Crippen LogP contribution in [0.4, 0.5) is 10.2 Å². The minimum absolute atomic E-state index is 0.0251. The Morgan fingerprint density at radius 1 is 1.37 bits per heavy atom. The first-order valence-corrected chi connectivity index (χ1v) is 6.45. The highest BCUT2D eigenvalue weighted by Crippen LogP contribution is 2.26. The lowest BCUT2D eigenvalue weighted by molar-refractivity contribution is -0.117. The normalized spacial score (nSPS) is 19.2. The molecule has 0 aliphatic carbocycles. The van der Waals surface area contributed by atoms with Crippen molar-refractivity contribution in [2.24, 2.45) is 0 Å². The third-order valence-electron chi connectivity index (χ3n) is 3.10. The van der Waals surface area contributed by atoms with E-state index in [1.54, 1.807) is 23.1 Å². The number of halogens is 1. The number of hydrogen-bond donors (Lipinski definition) is 2. The summed E-state index contributed by atoms with van der Waals surface area (Å²) < 4.78 is 12.9. The number of aromatic nitrogens is 2. The van der Waals surface area contributed by atoms with E-state index in [1.807, 2.05) is 0 Å². The number of carbonyl (C=O) groups is 1. The first-order chi connectivity index (χ1) is 9.13. The molecule has 0 saturated carbocycles. The summed E-state index contributed by atoms with van der Waals surface area (Å²) in [4.78, 5) is 13.4. The fraction of sp³-hybridized carbons (Fsp3) is 0.231. The number of amides is 1. The smallest absolute Gasteiger partial charge is 0.229 e. The van der Waals surface area contributed by atoms with E-state index in [-0.39, 0.29) is 17.0 Å². The lowest BCUT2D eigenvalue weighted by atomic mass is 10.1. The summed E-state index contributed by atoms with van der Waals surface area (Å²) in [5.74, 6) is 0.328. The number of anilines is 1. The van der Waals surface area contributed by atoms with Gasteiger partial charge in [0.15, 0.2) is 5.82 Å². The molecule has 1 fully saturated rings. The van der Waals surface area contributed by atoms with Gasteiger partial charge in [0.2, 0.25) is 5.91 Å². The quantitative estimate of drug-likeness (QED) is 0.827. The molecule has 1 N–H and O–H groups in total. The van der Waals surface area contributed by atoms with E-state index in [2.05, 4.69) is 22.8 Å². The Morgan fingerprint density at radius 2 is 2.11 bits per heavy atom. The van der Waals surface area contributed by atoms with Crippen LogP contribution in [-0.2, 0) is 4.79 Å². The molecule has 1 aromatic heterocycles. The average molecular weight is 277 g/mol. The van der Waals surface area contributed by atoms with E-state index in [9.17, 15) is 9.18 Å². The molecular weight excluding hydrogens is 265 g/mol. The molecule has 1 atom stereocenters. The summed E-state index contributed by atoms with van der Waals surface area (Å²) in [6, 6.07) is 7.90. The number of rotatable bonds is 2. The zero-order valence-corrected chi connectivity index (χ0v) is 10.9. The molecule has 1 aliphatic rings. The molecule has 0 radical (unpaired) electrons. The first-order valence-electron chi connectivity index (χ1n) is 5.93. The topological polar surface area (TPSA) is 49.0 Å². The molecule has 1 unspecified atom stereocenters. The van der Waals surface area contributed by atoms with Crippen LogP contribution in [0.3, 0.4) is 0 Å². The number of aromatic amines is 1. The second-order valence-electron chi connectivity index (χ2n) is 4.51. The van der Waals surface area contributed by atoms with Gasteiger partial charge in [0.25, 0.3) is 0 Å². The summed E-state index contributed by atoms with van der Waals surface area (Å²) in [6.07, 6.45) is 0.432. The Labute approximate surface area is 115 Å². The van der Waals surface area contributed by atoms with Crippen molar-refractivity contribution >= 4 is 24.4 Å². The summed E-state index contributed by atoms with van der Waals surface area (Å²) in [6.45, 7) is 0.565. The van der Waals surface area contributed by atoms with E-state index < -0.39 is 0 Å². The van der Waals surface area contributed by atoms with Gasteiger partial charge < -0.3 is 0 Å². The van der Waals surface area contributed by atoms with Gasteiger partial charge in [0.1, 0.15) is 5.82 Å². The minimum Gasteiger partial charge on any atom is -0.294 e. The Hall–Kier alpha value is -1.82. The lowest BCUT2D eigenvalue weighted by Crippen LogP contribution is -2.24. The van der Waals surface area contributed by atoms with Gasteiger partial charge in [-0.25, -0.2) is 4.39 Å². The number of carbonyl (C=O) groups excluding carboxylic acids is 1. The number of nitrogens with zero attached hydrogens (tertiary/aromatic N) is 2. The molecule has 19 heavy (non-hydrogen) atoms. The highest BCUT2D eigenvalue weighted by Gasteiger charge is 2.29. The van der Waals surface area contributed by atoms with Crippen molar-refractivity contribution in [3.8, 4) is 11.3 Å². The van der Waals surface area contributed by atoms with Crippen LogP contribution < -0.4 is 4.90 Å². The van der Waals surface area contributed by atoms with E-state index in [1.165, 1.54) is 12.1 Å². The standard InChI is InChI=1S/C13H12FN3OS/c14-9-3-1-8(2-4-9)11-6-12(16-15-11)17-7-10(19)5-13(17)18/h1-4,6,10,19H,5,7H2,(H,15,16). The summed E-state index contributed by atoms with van der Waals surface area (Å²) >= 11 is 4.31. The molecule has 6 heteroatoms. The summed E-state index contributed by atoms with van der Waals surface area (Å²) in [5.41, 5.74) is 1.58. The molecule has 98 valence electrons. The van der Waals surface area contributed by atoms with Crippen molar-refractivity contribution in [1.82, 2.24) is 10.2 Å². The highest BCUT2D eigenvalue weighted by atomic mass is 32.1. The average Bonchev–Trinajstić information content (AvgIpc) is 2.97. The number of H-pyrrole nitrogens is 1. The van der Waals surface area contributed by atoms with Gasteiger partial charge in [-0.15, -0.1) is 0 Å². The number of benzene rings is 1. The first kappa shape index (κ1) is 12.2. The maximum absolute atomic E-state index is 12.9. The van der Waals surface area contributed by atoms with Gasteiger partial charge in [-0.2, -0.15) is 17.7 Å². The van der Waals surface area contributed by atoms with Crippen LogP contribution in [-0.4, -0.2) is 27.9 Å². The predicted octanol–water partition coefficient (Wildman–Crippen LogP) is 2.25. The SMILES string of the molecule is O=C1CC(S)CN1c1cc(-c2ccc(F)cc2)[nH]n1. The molecule has 2 heterocycles. The number of nitrogens with one attached hydrogen (secondary N) is 1. The van der Waals surface area contributed by atoms with E-state index in [0.29, 0.717) is 18.8 Å². The second-order valence-corrected chi connectivity index (χ2v) is 5.24. The summed E-state index contributed by atoms with van der Waals surface area (Å²) in [7, 11) is 0. The van der Waals surface area contributed by atoms with Crippen molar-refractivity contribution < 1.29 is 9.18 Å². The second kappa shape index (κ2) is 4.70. The number of hydrogen-bond acceptors (Lipinski definition) is 3. The Balaban J connectivity index is 1.87. The van der Waals surface area contributed by atoms with Crippen molar-refractivity contribution in [3.05, 3.63) is 36.1 Å². The molecular formula is C13H12FN3OS. The molecule has 1 amide bonds. The van der Waals surface area contributed by atoms with Crippen molar-refractivity contribution in [3.63, 3.8) is 0 Å². The third kappa shape index (κ3) is 2.35. The zero-order valence-electron chi connectivity index (χ0n) is 10.0. The molecule has 1 aromatic carbocycles. The Morgan fingerprint density at radius 3 is 2.74 bits per heavy atom. The Bertz CT molecular complexity index is 611. The van der Waals surface area contributed by atoms with Gasteiger partial charge in [0.05, 0.1) is 5.69 Å². The fourth-order valence-electron chi connectivity index (χ4n) is 2.14. The van der Waals surface area contributed by atoms with Crippen LogP contribution in [0.5, 0.6) is 0 Å². The third-order valence-corrected chi connectivity index (χ3v) is 3.45. The molecule has 4 nitrogen and oxygen atoms in total. The lowest BCUT2D eigenvalue weighted by Gasteiger charge is -2.11. The highest BCUT2D eigenvalue weighted by molar-refractivity contribution is 7.81. The summed E-state index contributed by atoms with van der Waals surface area (Å²) in [5, 5.41) is 7.05. The van der Waals surface area contributed by atoms with Crippen molar-refractivity contribution in [1.29, 1.82) is 0 Å². The van der Waals surface area contributed by atoms with Crippen LogP contribution in [0, 0.1) is 5.82 Å². The molecule has 1 saturated heterocycles. The van der Waals surface area contributed by atoms with Crippen molar-refractivity contribution in [2.45, 2.75) is 11.7 Å². The molecule has 0 spiro atoms. The largest absolute Gasteiger partial charge is 0.294 e. The van der Waals surface area contributed by atoms with Gasteiger partial charge >= 0.3 is 0 Å². The molecule has 2 aromatic rings. The van der Waals surface area contributed by atoms with Gasteiger partial charge in [-0.3, -0.25) is 14.8 Å². The van der Waals surface area contributed by atoms with Gasteiger partial charge in [-0.05, 0) is 29.8 Å². The maximum Gasteiger partial charge on any atom is 0.229 e. The van der Waals surface area contributed by atoms with E-state index in [4.69, 9.17) is 0 Å². The van der Waals surface area contributed by atoms with Crippen LogP contribution in [0.2, 0.25) is 0 Å². The van der Waals surface area contributed by atoms with Crippen LogP contribution in [0.1, 0.15) is 6.42 Å². The van der Waals surface area contributed by atoms with Crippen LogP contribution in [0.25, 0.3) is 11.3 Å². The minimum atomic E-state index is -0.281. The Kier molecular flexibility index (Phi) is 3.02. The predicted molar refractivity (Wildman–Crippen MR) is 73.7 cm³/mol. The van der Waals surface area contributed by atoms with E-state index >= 15 is 0 Å². The van der Waals surface area contributed by atoms with Crippen molar-refractivity contribution in [2.75, 3.05) is 11.4 Å². The molecule has 0 bridgehead atoms. The molecule has 3 rings (SSSR count). The van der Waals surface area contributed by atoms with Gasteiger partial charge in [0, 0.05) is 24.3 Å². The maximum atomic E-state index is 12.9. The zero-order chi connectivity index (χ0) is 13.4. The molecule has 1 aliphatic heterocycles. The van der Waals surface area contributed by atoms with E-state index in [0.717, 1.165) is 11.3 Å². The van der Waals surface area contributed by atoms with Crippen LogP contribution in [0.15, 0.2) is 30.3 Å². The number of thiol groups is 1. The monoisotopic (exact) mass is 277 g/mol. The van der Waals surface area contributed by atoms with Crippen LogP contribution >= 0.6 is 12.6 Å².